The maximum atomic E-state index is 13.1. The number of para-hydroxylation sites is 1. The van der Waals surface area contributed by atoms with Crippen LogP contribution in [0.3, 0.4) is 0 Å². The summed E-state index contributed by atoms with van der Waals surface area (Å²) < 4.78 is 25.7. The van der Waals surface area contributed by atoms with Gasteiger partial charge in [-0.2, -0.15) is 0 Å². The summed E-state index contributed by atoms with van der Waals surface area (Å²) in [7, 11) is 1.55. The number of aryl methyl sites for hydroxylation is 1. The fraction of sp³-hybridized carbons (Fsp3) is 0.120. The van der Waals surface area contributed by atoms with Crippen LogP contribution >= 0.6 is 39.9 Å². The van der Waals surface area contributed by atoms with Gasteiger partial charge in [0.1, 0.15) is 12.4 Å². The number of thiocarbonyl (C=S) groups is 1. The van der Waals surface area contributed by atoms with Crippen molar-refractivity contribution in [2.75, 3.05) is 12.0 Å². The van der Waals surface area contributed by atoms with E-state index >= 15 is 0 Å². The molecule has 1 aliphatic rings. The molecular weight excluding hydrogens is 525 g/mol. The predicted octanol–water partition coefficient (Wildman–Crippen LogP) is 6.89. The van der Waals surface area contributed by atoms with Crippen molar-refractivity contribution in [3.05, 3.63) is 92.5 Å². The minimum atomic E-state index is -0.297. The highest BCUT2D eigenvalue weighted by molar-refractivity contribution is 9.10. The minimum Gasteiger partial charge on any atom is -0.493 e. The molecule has 1 aliphatic heterocycles. The molecule has 4 nitrogen and oxygen atoms in total. The third-order valence-corrected chi connectivity index (χ3v) is 6.89. The Morgan fingerprint density at radius 3 is 2.58 bits per heavy atom. The molecule has 0 aliphatic carbocycles. The van der Waals surface area contributed by atoms with Crippen molar-refractivity contribution in [2.24, 2.45) is 0 Å². The van der Waals surface area contributed by atoms with Crippen LogP contribution in [0.4, 0.5) is 10.1 Å². The molecular formula is C25H19BrFNO3S2. The van der Waals surface area contributed by atoms with E-state index in [9.17, 15) is 9.18 Å². The zero-order valence-electron chi connectivity index (χ0n) is 17.8. The molecule has 33 heavy (non-hydrogen) atoms. The summed E-state index contributed by atoms with van der Waals surface area (Å²) in [4.78, 5) is 15.2. The van der Waals surface area contributed by atoms with E-state index in [2.05, 4.69) is 15.9 Å². The average molecular weight is 544 g/mol. The second-order valence-electron chi connectivity index (χ2n) is 7.25. The highest BCUT2D eigenvalue weighted by Gasteiger charge is 2.34. The van der Waals surface area contributed by atoms with E-state index in [0.29, 0.717) is 25.2 Å². The van der Waals surface area contributed by atoms with Gasteiger partial charge in [0.2, 0.25) is 0 Å². The van der Waals surface area contributed by atoms with Crippen LogP contribution < -0.4 is 14.4 Å². The maximum Gasteiger partial charge on any atom is 0.270 e. The average Bonchev–Trinajstić information content (AvgIpc) is 3.07. The van der Waals surface area contributed by atoms with Gasteiger partial charge in [-0.1, -0.05) is 54.3 Å². The molecule has 3 aromatic rings. The number of carbonyl (C=O) groups excluding carboxylic acids is 1. The molecule has 0 spiro atoms. The molecule has 0 atom stereocenters. The van der Waals surface area contributed by atoms with E-state index in [4.69, 9.17) is 21.7 Å². The second-order valence-corrected chi connectivity index (χ2v) is 9.78. The van der Waals surface area contributed by atoms with Crippen LogP contribution in [0.25, 0.3) is 6.08 Å². The summed E-state index contributed by atoms with van der Waals surface area (Å²) in [6.45, 7) is 2.20. The largest absolute Gasteiger partial charge is 0.493 e. The van der Waals surface area contributed by atoms with Gasteiger partial charge in [-0.25, -0.2) is 4.39 Å². The standard InChI is InChI=1S/C25H19BrFNO3S2/c1-15-5-3-4-6-20(15)28-24(29)22(33-25(28)32)13-17-11-19(26)23(21(12-17)30-2)31-14-16-7-9-18(27)10-8-16/h3-13H,14H2,1-2H3/b22-13+. The van der Waals surface area contributed by atoms with Crippen molar-refractivity contribution in [1.29, 1.82) is 0 Å². The van der Waals surface area contributed by atoms with E-state index < -0.39 is 0 Å². The lowest BCUT2D eigenvalue weighted by Crippen LogP contribution is -2.28. The molecule has 0 N–H and O–H groups in total. The van der Waals surface area contributed by atoms with Crippen LogP contribution in [0, 0.1) is 12.7 Å². The number of nitrogens with zero attached hydrogens (tertiary/aromatic N) is 1. The van der Waals surface area contributed by atoms with Crippen molar-refractivity contribution in [3.63, 3.8) is 0 Å². The lowest BCUT2D eigenvalue weighted by atomic mass is 10.1. The van der Waals surface area contributed by atoms with E-state index in [1.165, 1.54) is 23.9 Å². The number of carbonyl (C=O) groups is 1. The van der Waals surface area contributed by atoms with Crippen LogP contribution in [0.15, 0.2) is 70.0 Å². The van der Waals surface area contributed by atoms with Gasteiger partial charge in [0.05, 0.1) is 22.2 Å². The summed E-state index contributed by atoms with van der Waals surface area (Å²) in [5.41, 5.74) is 3.35. The smallest absolute Gasteiger partial charge is 0.270 e. The number of amides is 1. The lowest BCUT2D eigenvalue weighted by Gasteiger charge is -2.16. The molecule has 0 unspecified atom stereocenters. The van der Waals surface area contributed by atoms with Crippen molar-refractivity contribution < 1.29 is 18.7 Å². The van der Waals surface area contributed by atoms with Crippen LogP contribution in [0.2, 0.25) is 0 Å². The molecule has 8 heteroatoms. The molecule has 0 aromatic heterocycles. The molecule has 3 aromatic carbocycles. The van der Waals surface area contributed by atoms with Gasteiger partial charge in [0.15, 0.2) is 15.8 Å². The number of thioether (sulfide) groups is 1. The quantitative estimate of drug-likeness (QED) is 0.250. The van der Waals surface area contributed by atoms with Crippen molar-refractivity contribution >= 4 is 61.9 Å². The molecule has 0 saturated carbocycles. The molecule has 168 valence electrons. The fourth-order valence-corrected chi connectivity index (χ4v) is 5.20. The summed E-state index contributed by atoms with van der Waals surface area (Å²) in [6, 6.07) is 17.4. The zero-order chi connectivity index (χ0) is 23.5. The van der Waals surface area contributed by atoms with Gasteiger partial charge in [-0.05, 0) is 76.0 Å². The zero-order valence-corrected chi connectivity index (χ0v) is 21.0. The number of anilines is 1. The van der Waals surface area contributed by atoms with Crippen LogP contribution in [0.1, 0.15) is 16.7 Å². The Balaban J connectivity index is 1.59. The summed E-state index contributed by atoms with van der Waals surface area (Å²) in [5, 5.41) is 0. The number of methoxy groups -OCH3 is 1. The van der Waals surface area contributed by atoms with Crippen molar-refractivity contribution in [1.82, 2.24) is 0 Å². The first kappa shape index (κ1) is 23.5. The van der Waals surface area contributed by atoms with Gasteiger partial charge in [-0.15, -0.1) is 0 Å². The maximum absolute atomic E-state index is 13.1. The Bertz CT molecular complexity index is 1260. The second kappa shape index (κ2) is 10.1. The Morgan fingerprint density at radius 1 is 1.15 bits per heavy atom. The number of ether oxygens (including phenoxy) is 2. The van der Waals surface area contributed by atoms with E-state index in [0.717, 1.165) is 22.4 Å². The number of benzene rings is 3. The fourth-order valence-electron chi connectivity index (χ4n) is 3.34. The number of hydrogen-bond donors (Lipinski definition) is 0. The summed E-state index contributed by atoms with van der Waals surface area (Å²) >= 11 is 10.3. The molecule has 1 fully saturated rings. The molecule has 4 rings (SSSR count). The highest BCUT2D eigenvalue weighted by Crippen LogP contribution is 2.40. The van der Waals surface area contributed by atoms with E-state index in [-0.39, 0.29) is 18.3 Å². The third kappa shape index (κ3) is 5.13. The summed E-state index contributed by atoms with van der Waals surface area (Å²) in [6.07, 6.45) is 1.79. The first-order chi connectivity index (χ1) is 15.9. The number of rotatable bonds is 6. The van der Waals surface area contributed by atoms with Gasteiger partial charge in [0.25, 0.3) is 5.91 Å². The van der Waals surface area contributed by atoms with Gasteiger partial charge >= 0.3 is 0 Å². The monoisotopic (exact) mass is 543 g/mol. The van der Waals surface area contributed by atoms with E-state index in [1.807, 2.05) is 37.3 Å². The molecule has 0 radical (unpaired) electrons. The minimum absolute atomic E-state index is 0.161. The van der Waals surface area contributed by atoms with E-state index in [1.54, 1.807) is 36.3 Å². The topological polar surface area (TPSA) is 38.8 Å². The Kier molecular flexibility index (Phi) is 7.17. The molecule has 1 amide bonds. The lowest BCUT2D eigenvalue weighted by molar-refractivity contribution is -0.113. The van der Waals surface area contributed by atoms with Crippen molar-refractivity contribution in [3.8, 4) is 11.5 Å². The third-order valence-electron chi connectivity index (χ3n) is 5.00. The van der Waals surface area contributed by atoms with Gasteiger partial charge in [-0.3, -0.25) is 9.69 Å². The van der Waals surface area contributed by atoms with Crippen LogP contribution in [-0.2, 0) is 11.4 Å². The van der Waals surface area contributed by atoms with Gasteiger partial charge in [0, 0.05) is 0 Å². The van der Waals surface area contributed by atoms with Gasteiger partial charge < -0.3 is 9.47 Å². The van der Waals surface area contributed by atoms with Crippen LogP contribution in [0.5, 0.6) is 11.5 Å². The molecule has 1 saturated heterocycles. The Labute approximate surface area is 209 Å². The van der Waals surface area contributed by atoms with Crippen LogP contribution in [-0.4, -0.2) is 17.3 Å². The Morgan fingerprint density at radius 2 is 1.88 bits per heavy atom. The first-order valence-corrected chi connectivity index (χ1v) is 12.0. The normalized spacial score (nSPS) is 14.8. The highest BCUT2D eigenvalue weighted by atomic mass is 79.9. The molecule has 1 heterocycles. The first-order valence-electron chi connectivity index (χ1n) is 9.95. The van der Waals surface area contributed by atoms with Crippen molar-refractivity contribution in [2.45, 2.75) is 13.5 Å². The SMILES string of the molecule is COc1cc(/C=C2/SC(=S)N(c3ccccc3C)C2=O)cc(Br)c1OCc1ccc(F)cc1. The Hall–Kier alpha value is -2.68. The summed E-state index contributed by atoms with van der Waals surface area (Å²) in [5.74, 6) is 0.569. The molecule has 0 bridgehead atoms. The predicted molar refractivity (Wildman–Crippen MR) is 138 cm³/mol. The number of hydrogen-bond acceptors (Lipinski definition) is 5. The number of halogens is 2.